The van der Waals surface area contributed by atoms with Gasteiger partial charge in [0, 0.05) is 30.5 Å². The van der Waals surface area contributed by atoms with Crippen LogP contribution in [0, 0.1) is 19.7 Å². The number of aryl methyl sites for hydroxylation is 2. The van der Waals surface area contributed by atoms with Crippen molar-refractivity contribution in [3.05, 3.63) is 90.8 Å². The van der Waals surface area contributed by atoms with Crippen LogP contribution in [0.15, 0.2) is 73.6 Å². The highest BCUT2D eigenvalue weighted by Gasteiger charge is 1.95. The van der Waals surface area contributed by atoms with Crippen LogP contribution in [-0.2, 0) is 0 Å². The van der Waals surface area contributed by atoms with Gasteiger partial charge in [-0.1, -0.05) is 0 Å². The number of H-pyrrole nitrogens is 1. The van der Waals surface area contributed by atoms with E-state index < -0.39 is 0 Å². The maximum Gasteiger partial charge on any atom is 0.141 e. The first-order valence-electron chi connectivity index (χ1n) is 7.59. The molecule has 0 aliphatic heterocycles. The summed E-state index contributed by atoms with van der Waals surface area (Å²) in [4.78, 5) is 7.52. The molecule has 0 bridgehead atoms. The molecule has 0 fully saturated rings. The first-order valence-corrected chi connectivity index (χ1v) is 7.59. The summed E-state index contributed by atoms with van der Waals surface area (Å²) >= 11 is 0. The third-order valence-electron chi connectivity index (χ3n) is 2.90. The Hall–Kier alpha value is -3.35. The summed E-state index contributed by atoms with van der Waals surface area (Å²) in [6.45, 7) is 3.93. The average Bonchev–Trinajstić information content (AvgIpc) is 3.29. The van der Waals surface area contributed by atoms with Crippen LogP contribution in [0.3, 0.4) is 0 Å². The van der Waals surface area contributed by atoms with Crippen molar-refractivity contribution in [1.82, 2.24) is 29.9 Å². The lowest BCUT2D eigenvalue weighted by molar-refractivity contribution is 0.621. The van der Waals surface area contributed by atoms with Crippen molar-refractivity contribution in [3.63, 3.8) is 0 Å². The molecule has 128 valence electrons. The Kier molecular flexibility index (Phi) is 6.99. The van der Waals surface area contributed by atoms with Gasteiger partial charge in [-0.3, -0.25) is 15.1 Å². The number of nitrogens with one attached hydrogen (secondary N) is 1. The van der Waals surface area contributed by atoms with Crippen molar-refractivity contribution in [3.8, 4) is 5.69 Å². The summed E-state index contributed by atoms with van der Waals surface area (Å²) in [7, 11) is 0. The number of pyridine rings is 2. The predicted molar refractivity (Wildman–Crippen MR) is 93.6 cm³/mol. The number of rotatable bonds is 1. The van der Waals surface area contributed by atoms with E-state index in [0.29, 0.717) is 0 Å². The lowest BCUT2D eigenvalue weighted by Gasteiger charge is -1.97. The molecule has 0 aliphatic rings. The number of nitrogens with zero attached hydrogens (tertiary/aromatic N) is 5. The monoisotopic (exact) mass is 338 g/mol. The molecule has 0 aromatic carbocycles. The summed E-state index contributed by atoms with van der Waals surface area (Å²) in [5.74, 6) is -0.289. The summed E-state index contributed by atoms with van der Waals surface area (Å²) in [6.07, 6.45) is 9.89. The Morgan fingerprint density at radius 1 is 0.920 bits per heavy atom. The minimum atomic E-state index is -0.289. The second-order valence-electron chi connectivity index (χ2n) is 5.02. The molecule has 0 atom stereocenters. The first kappa shape index (κ1) is 18.0. The SMILES string of the molecule is Cc1ccn(-c2cccnc2)n1.Cc1ccn[nH]1.Fc1cccnc1. The van der Waals surface area contributed by atoms with Crippen LogP contribution in [0.25, 0.3) is 5.69 Å². The van der Waals surface area contributed by atoms with E-state index in [4.69, 9.17) is 0 Å². The Morgan fingerprint density at radius 2 is 1.68 bits per heavy atom. The summed E-state index contributed by atoms with van der Waals surface area (Å²) < 4.78 is 13.7. The second-order valence-corrected chi connectivity index (χ2v) is 5.02. The maximum absolute atomic E-state index is 11.8. The van der Waals surface area contributed by atoms with Gasteiger partial charge in [-0.05, 0) is 50.2 Å². The Bertz CT molecular complexity index is 828. The molecule has 25 heavy (non-hydrogen) atoms. The molecular weight excluding hydrogens is 319 g/mol. The highest BCUT2D eigenvalue weighted by molar-refractivity contribution is 5.26. The third kappa shape index (κ3) is 6.74. The van der Waals surface area contributed by atoms with Gasteiger partial charge in [0.1, 0.15) is 5.82 Å². The fourth-order valence-electron chi connectivity index (χ4n) is 1.72. The average molecular weight is 338 g/mol. The van der Waals surface area contributed by atoms with Crippen molar-refractivity contribution in [1.29, 1.82) is 0 Å². The van der Waals surface area contributed by atoms with Crippen LogP contribution >= 0.6 is 0 Å². The fourth-order valence-corrected chi connectivity index (χ4v) is 1.72. The quantitative estimate of drug-likeness (QED) is 0.576. The lowest BCUT2D eigenvalue weighted by atomic mass is 10.4. The molecule has 4 aromatic heterocycles. The molecular formula is C18H19FN6. The van der Waals surface area contributed by atoms with Gasteiger partial charge < -0.3 is 0 Å². The molecule has 0 amide bonds. The highest BCUT2D eigenvalue weighted by Crippen LogP contribution is 2.03. The summed E-state index contributed by atoms with van der Waals surface area (Å²) in [5.41, 5.74) is 3.11. The van der Waals surface area contributed by atoms with Gasteiger partial charge in [0.05, 0.1) is 23.8 Å². The topological polar surface area (TPSA) is 72.3 Å². The van der Waals surface area contributed by atoms with E-state index in [0.717, 1.165) is 17.1 Å². The normalized spacial score (nSPS) is 9.40. The van der Waals surface area contributed by atoms with E-state index in [-0.39, 0.29) is 5.82 Å². The zero-order valence-electron chi connectivity index (χ0n) is 14.0. The van der Waals surface area contributed by atoms with Crippen molar-refractivity contribution in [2.24, 2.45) is 0 Å². The van der Waals surface area contributed by atoms with Crippen LogP contribution in [0.1, 0.15) is 11.4 Å². The van der Waals surface area contributed by atoms with E-state index in [1.165, 1.54) is 18.5 Å². The molecule has 4 aromatic rings. The molecule has 4 heterocycles. The van der Waals surface area contributed by atoms with Crippen LogP contribution in [0.5, 0.6) is 0 Å². The summed E-state index contributed by atoms with van der Waals surface area (Å²) in [6, 6.07) is 10.7. The molecule has 7 heteroatoms. The fraction of sp³-hybridized carbons (Fsp3) is 0.111. The van der Waals surface area contributed by atoms with Gasteiger partial charge in [-0.2, -0.15) is 10.2 Å². The van der Waals surface area contributed by atoms with Gasteiger partial charge >= 0.3 is 0 Å². The molecule has 0 spiro atoms. The summed E-state index contributed by atoms with van der Waals surface area (Å²) in [5, 5.41) is 10.7. The van der Waals surface area contributed by atoms with Gasteiger partial charge in [0.15, 0.2) is 0 Å². The van der Waals surface area contributed by atoms with E-state index in [2.05, 4.69) is 25.3 Å². The van der Waals surface area contributed by atoms with Crippen LogP contribution in [-0.4, -0.2) is 29.9 Å². The van der Waals surface area contributed by atoms with E-state index >= 15 is 0 Å². The molecule has 0 radical (unpaired) electrons. The van der Waals surface area contributed by atoms with Crippen LogP contribution in [0.4, 0.5) is 4.39 Å². The van der Waals surface area contributed by atoms with Crippen molar-refractivity contribution >= 4 is 0 Å². The number of aromatic amines is 1. The number of hydrogen-bond donors (Lipinski definition) is 1. The number of hydrogen-bond acceptors (Lipinski definition) is 4. The van der Waals surface area contributed by atoms with E-state index in [1.807, 2.05) is 49.0 Å². The highest BCUT2D eigenvalue weighted by atomic mass is 19.1. The smallest absolute Gasteiger partial charge is 0.141 e. The number of aromatic nitrogens is 6. The van der Waals surface area contributed by atoms with Crippen LogP contribution < -0.4 is 0 Å². The standard InChI is InChI=1S/C9H9N3.C5H4FN.C4H6N2/c1-8-4-6-12(11-8)9-3-2-5-10-7-9;6-5-2-1-3-7-4-5;1-4-2-3-5-6-4/h2-7H,1H3;1-4H;2-3H,1H3,(H,5,6). The maximum atomic E-state index is 11.8. The molecule has 0 saturated carbocycles. The van der Waals surface area contributed by atoms with E-state index in [9.17, 15) is 4.39 Å². The molecule has 6 nitrogen and oxygen atoms in total. The van der Waals surface area contributed by atoms with Gasteiger partial charge in [-0.15, -0.1) is 0 Å². The Morgan fingerprint density at radius 3 is 2.04 bits per heavy atom. The molecule has 4 rings (SSSR count). The molecule has 0 aliphatic carbocycles. The minimum Gasteiger partial charge on any atom is -0.283 e. The van der Waals surface area contributed by atoms with Crippen LogP contribution in [0.2, 0.25) is 0 Å². The van der Waals surface area contributed by atoms with Gasteiger partial charge in [0.2, 0.25) is 0 Å². The zero-order chi connectivity index (χ0) is 17.9. The van der Waals surface area contributed by atoms with Gasteiger partial charge in [-0.25, -0.2) is 9.07 Å². The minimum absolute atomic E-state index is 0.289. The predicted octanol–water partition coefficient (Wildman–Crippen LogP) is 3.51. The third-order valence-corrected chi connectivity index (χ3v) is 2.90. The van der Waals surface area contributed by atoms with E-state index in [1.54, 1.807) is 24.7 Å². The molecule has 0 saturated heterocycles. The van der Waals surface area contributed by atoms with Crippen molar-refractivity contribution in [2.45, 2.75) is 13.8 Å². The lowest BCUT2D eigenvalue weighted by Crippen LogP contribution is -1.94. The van der Waals surface area contributed by atoms with Crippen molar-refractivity contribution < 1.29 is 4.39 Å². The largest absolute Gasteiger partial charge is 0.283 e. The Balaban J connectivity index is 0.000000148. The molecule has 1 N–H and O–H groups in total. The number of halogens is 1. The Labute approximate surface area is 145 Å². The zero-order valence-corrected chi connectivity index (χ0v) is 14.0. The second kappa shape index (κ2) is 9.71. The first-order chi connectivity index (χ1) is 12.1. The van der Waals surface area contributed by atoms with Gasteiger partial charge in [0.25, 0.3) is 0 Å². The molecule has 0 unspecified atom stereocenters. The van der Waals surface area contributed by atoms with Crippen molar-refractivity contribution in [2.75, 3.05) is 0 Å².